The molecule has 7 heavy (non-hydrogen) atoms. The van der Waals surface area contributed by atoms with Crippen molar-refractivity contribution >= 4 is 0 Å². The van der Waals surface area contributed by atoms with Gasteiger partial charge in [0.15, 0.2) is 0 Å². The summed E-state index contributed by atoms with van der Waals surface area (Å²) in [6, 6.07) is 0.914. The Morgan fingerprint density at radius 1 is 1.57 bits per heavy atom. The molecule has 0 aromatic carbocycles. The quantitative estimate of drug-likeness (QED) is 0.574. The van der Waals surface area contributed by atoms with Crippen LogP contribution in [0.2, 0.25) is 0 Å². The molecule has 2 nitrogen and oxygen atoms in total. The second-order valence-electron chi connectivity index (χ2n) is 1.39. The average molecular weight is 176 g/mol. The predicted molar refractivity (Wildman–Crippen MR) is 26.8 cm³/mol. The number of hydrogen-bond donors (Lipinski definition) is 2. The van der Waals surface area contributed by atoms with E-state index in [1.807, 2.05) is 6.92 Å². The van der Waals surface area contributed by atoms with E-state index < -0.39 is 0 Å². The van der Waals surface area contributed by atoms with Gasteiger partial charge in [-0.15, -0.1) is 0 Å². The van der Waals surface area contributed by atoms with E-state index in [2.05, 4.69) is 0 Å². The van der Waals surface area contributed by atoms with Gasteiger partial charge in [0.2, 0.25) is 0 Å². The van der Waals surface area contributed by atoms with E-state index in [0.29, 0.717) is 6.54 Å². The molecule has 0 saturated carbocycles. The van der Waals surface area contributed by atoms with Crippen LogP contribution in [-0.4, -0.2) is 6.54 Å². The van der Waals surface area contributed by atoms with Gasteiger partial charge in [0.1, 0.15) is 0 Å². The van der Waals surface area contributed by atoms with Crippen molar-refractivity contribution < 1.29 is 32.7 Å². The molecule has 0 aliphatic carbocycles. The maximum atomic E-state index is 5.24. The van der Waals surface area contributed by atoms with E-state index >= 15 is 0 Å². The van der Waals surface area contributed by atoms with Gasteiger partial charge in [-0.1, -0.05) is 0 Å². The minimum Gasteiger partial charge on any atom is -0.481 e. The van der Waals surface area contributed by atoms with E-state index in [1.54, 1.807) is 0 Å². The van der Waals surface area contributed by atoms with Crippen LogP contribution in [0.5, 0.6) is 0 Å². The summed E-state index contributed by atoms with van der Waals surface area (Å²) in [5.74, 6) is 0. The van der Waals surface area contributed by atoms with Crippen molar-refractivity contribution in [2.75, 3.05) is 6.54 Å². The van der Waals surface area contributed by atoms with Crippen LogP contribution in [0.3, 0.4) is 0 Å². The van der Waals surface area contributed by atoms with E-state index in [4.69, 9.17) is 11.5 Å². The van der Waals surface area contributed by atoms with E-state index in [-0.39, 0.29) is 32.7 Å². The van der Waals surface area contributed by atoms with Crippen molar-refractivity contribution in [2.24, 2.45) is 11.5 Å². The van der Waals surface area contributed by atoms with Crippen molar-refractivity contribution in [1.29, 1.82) is 0 Å². The predicted octanol–water partition coefficient (Wildman–Crippen LogP) is -0.157. The zero-order chi connectivity index (χ0) is 4.99. The molecule has 0 aliphatic rings. The van der Waals surface area contributed by atoms with Crippen LogP contribution >= 0.6 is 0 Å². The largest absolute Gasteiger partial charge is 0.481 e. The molecule has 0 heterocycles. The van der Waals surface area contributed by atoms with Gasteiger partial charge in [0, 0.05) is 32.7 Å². The van der Waals surface area contributed by atoms with Crippen LogP contribution < -0.4 is 11.5 Å². The smallest absolute Gasteiger partial charge is 0 e. The molecule has 0 saturated heterocycles. The Kier molecular flexibility index (Phi) is 10.9. The zero-order valence-electron chi connectivity index (χ0n) is 4.65. The van der Waals surface area contributed by atoms with Gasteiger partial charge in [-0.3, -0.25) is 6.04 Å². The van der Waals surface area contributed by atoms with Gasteiger partial charge in [-0.25, -0.2) is 0 Å². The zero-order valence-corrected chi connectivity index (χ0v) is 7.48. The summed E-state index contributed by atoms with van der Waals surface area (Å²) < 4.78 is 0. The fourth-order valence-electron chi connectivity index (χ4n) is 0.228. The Bertz CT molecular complexity index is 30.9. The van der Waals surface area contributed by atoms with Crippen LogP contribution in [-0.2, 0) is 32.7 Å². The molecule has 0 fully saturated rings. The summed E-state index contributed by atoms with van der Waals surface area (Å²) in [5.41, 5.74) is 10.4. The normalized spacial score (nSPS) is 8.57. The Labute approximate surface area is 69.9 Å². The molecule has 0 aromatic heterocycles. The molecular formula is C4H11N2Y-. The number of hydrogen-bond acceptors (Lipinski definition) is 2. The first kappa shape index (κ1) is 10.9. The van der Waals surface area contributed by atoms with E-state index in [9.17, 15) is 0 Å². The van der Waals surface area contributed by atoms with E-state index in [0.717, 1.165) is 12.5 Å². The standard InChI is InChI=1S/C4H11N2.Y/c1-4(6)2-3-5;/h2-3,5-6H2,1H3;/q-1;. The number of rotatable bonds is 2. The SMILES string of the molecule is C[C-](N)CCN.[Y]. The fraction of sp³-hybridized carbons (Fsp3) is 0.750. The molecule has 0 unspecified atom stereocenters. The van der Waals surface area contributed by atoms with Gasteiger partial charge in [0.05, 0.1) is 0 Å². The summed E-state index contributed by atoms with van der Waals surface area (Å²) in [5, 5.41) is 0. The molecule has 1 radical (unpaired) electrons. The molecule has 0 aromatic rings. The molecule has 0 amide bonds. The van der Waals surface area contributed by atoms with Crippen molar-refractivity contribution in [3.8, 4) is 0 Å². The van der Waals surface area contributed by atoms with Crippen molar-refractivity contribution in [1.82, 2.24) is 0 Å². The van der Waals surface area contributed by atoms with Gasteiger partial charge in [-0.2, -0.15) is 13.3 Å². The third-order valence-corrected chi connectivity index (χ3v) is 0.539. The van der Waals surface area contributed by atoms with Crippen molar-refractivity contribution in [3.63, 3.8) is 0 Å². The first-order valence-electron chi connectivity index (χ1n) is 2.05. The maximum absolute atomic E-state index is 5.24. The molecule has 0 aliphatic heterocycles. The maximum Gasteiger partial charge on any atom is 0 e. The summed E-state index contributed by atoms with van der Waals surface area (Å²) >= 11 is 0. The molecule has 4 N–H and O–H groups in total. The van der Waals surface area contributed by atoms with Gasteiger partial charge < -0.3 is 11.5 Å². The summed E-state index contributed by atoms with van der Waals surface area (Å²) in [6.07, 6.45) is 0.847. The molecule has 41 valence electrons. The van der Waals surface area contributed by atoms with Gasteiger partial charge in [-0.05, 0) is 6.54 Å². The third-order valence-electron chi connectivity index (χ3n) is 0.539. The molecule has 3 heteroatoms. The molecule has 0 spiro atoms. The number of nitrogens with two attached hydrogens (primary N) is 2. The van der Waals surface area contributed by atoms with Crippen LogP contribution in [0.4, 0.5) is 0 Å². The van der Waals surface area contributed by atoms with Crippen LogP contribution in [0.25, 0.3) is 0 Å². The molecule has 0 atom stereocenters. The van der Waals surface area contributed by atoms with Crippen LogP contribution in [0, 0.1) is 6.04 Å². The molecule has 0 rings (SSSR count). The van der Waals surface area contributed by atoms with Crippen molar-refractivity contribution in [2.45, 2.75) is 13.3 Å². The van der Waals surface area contributed by atoms with Gasteiger partial charge >= 0.3 is 0 Å². The monoisotopic (exact) mass is 176 g/mol. The Morgan fingerprint density at radius 2 is 2.00 bits per heavy atom. The fourth-order valence-corrected chi connectivity index (χ4v) is 0.228. The second kappa shape index (κ2) is 7.02. The first-order chi connectivity index (χ1) is 2.77. The Balaban J connectivity index is 0. The first-order valence-corrected chi connectivity index (χ1v) is 2.05. The van der Waals surface area contributed by atoms with Crippen LogP contribution in [0.1, 0.15) is 13.3 Å². The third kappa shape index (κ3) is 10.9. The summed E-state index contributed by atoms with van der Waals surface area (Å²) in [6.45, 7) is 2.54. The molecule has 0 bridgehead atoms. The van der Waals surface area contributed by atoms with E-state index in [1.165, 1.54) is 0 Å². The van der Waals surface area contributed by atoms with Crippen molar-refractivity contribution in [3.05, 3.63) is 6.04 Å². The Hall–Kier alpha value is 1.02. The minimum atomic E-state index is 0. The summed E-state index contributed by atoms with van der Waals surface area (Å²) in [4.78, 5) is 0. The topological polar surface area (TPSA) is 52.0 Å². The van der Waals surface area contributed by atoms with Crippen LogP contribution in [0.15, 0.2) is 0 Å². The summed E-state index contributed by atoms with van der Waals surface area (Å²) in [7, 11) is 0. The Morgan fingerprint density at radius 3 is 2.00 bits per heavy atom. The second-order valence-corrected chi connectivity index (χ2v) is 1.39. The van der Waals surface area contributed by atoms with Gasteiger partial charge in [0.25, 0.3) is 0 Å². The molecular weight excluding hydrogens is 165 g/mol. The minimum absolute atomic E-state index is 0. The average Bonchev–Trinajstić information content (AvgIpc) is 1.35.